The minimum atomic E-state index is 0.326. The molecule has 4 rings (SSSR count). The summed E-state index contributed by atoms with van der Waals surface area (Å²) < 4.78 is 17.2. The van der Waals surface area contributed by atoms with Crippen molar-refractivity contribution in [3.8, 4) is 17.2 Å². The molecule has 0 radical (unpaired) electrons. The Balaban J connectivity index is 1.65. The highest BCUT2D eigenvalue weighted by Crippen LogP contribution is 2.41. The van der Waals surface area contributed by atoms with E-state index in [1.165, 1.54) is 22.3 Å². The van der Waals surface area contributed by atoms with Crippen LogP contribution in [-0.2, 0) is 12.8 Å². The summed E-state index contributed by atoms with van der Waals surface area (Å²) in [5.74, 6) is 3.76. The Morgan fingerprint density at radius 1 is 0.960 bits per heavy atom. The van der Waals surface area contributed by atoms with Crippen LogP contribution in [0.15, 0.2) is 30.3 Å². The van der Waals surface area contributed by atoms with Gasteiger partial charge in [-0.25, -0.2) is 0 Å². The largest absolute Gasteiger partial charge is 0.493 e. The number of benzene rings is 2. The highest BCUT2D eigenvalue weighted by atomic mass is 16.7. The van der Waals surface area contributed by atoms with Crippen molar-refractivity contribution in [1.29, 1.82) is 0 Å². The van der Waals surface area contributed by atoms with E-state index in [0.29, 0.717) is 18.6 Å². The summed E-state index contributed by atoms with van der Waals surface area (Å²) in [5.41, 5.74) is 5.34. The fourth-order valence-electron chi connectivity index (χ4n) is 3.93. The van der Waals surface area contributed by atoms with Crippen molar-refractivity contribution in [3.63, 3.8) is 0 Å². The van der Waals surface area contributed by atoms with Crippen LogP contribution < -0.4 is 14.2 Å². The van der Waals surface area contributed by atoms with Gasteiger partial charge in [-0.1, -0.05) is 45.0 Å². The highest BCUT2D eigenvalue weighted by Gasteiger charge is 2.23. The zero-order chi connectivity index (χ0) is 17.4. The van der Waals surface area contributed by atoms with E-state index in [4.69, 9.17) is 14.2 Å². The van der Waals surface area contributed by atoms with Crippen LogP contribution in [0.2, 0.25) is 0 Å². The summed E-state index contributed by atoms with van der Waals surface area (Å²) in [4.78, 5) is 0. The van der Waals surface area contributed by atoms with E-state index in [9.17, 15) is 0 Å². The van der Waals surface area contributed by atoms with Crippen LogP contribution in [0, 0.1) is 0 Å². The van der Waals surface area contributed by atoms with Gasteiger partial charge in [0.15, 0.2) is 11.5 Å². The zero-order valence-corrected chi connectivity index (χ0v) is 15.3. The van der Waals surface area contributed by atoms with Crippen molar-refractivity contribution < 1.29 is 14.2 Å². The first-order valence-electron chi connectivity index (χ1n) is 9.30. The molecule has 2 aliphatic rings. The molecular formula is C22H26O3. The quantitative estimate of drug-likeness (QED) is 0.766. The minimum absolute atomic E-state index is 0.326. The van der Waals surface area contributed by atoms with Gasteiger partial charge in [-0.3, -0.25) is 0 Å². The average molecular weight is 338 g/mol. The number of ether oxygens (including phenoxy) is 3. The summed E-state index contributed by atoms with van der Waals surface area (Å²) in [7, 11) is 0. The first-order valence-corrected chi connectivity index (χ1v) is 9.30. The molecule has 1 atom stereocenters. The highest BCUT2D eigenvalue weighted by molar-refractivity contribution is 5.51. The topological polar surface area (TPSA) is 27.7 Å². The van der Waals surface area contributed by atoms with Gasteiger partial charge in [0.05, 0.1) is 6.61 Å². The predicted octanol–water partition coefficient (Wildman–Crippen LogP) is 5.21. The molecule has 3 heteroatoms. The molecule has 0 amide bonds. The van der Waals surface area contributed by atoms with E-state index in [1.54, 1.807) is 0 Å². The SMILES string of the molecule is CC(C)c1cc(CC(C)c2cccc3c2OCO3)cc2c1OCCC2. The molecule has 0 saturated carbocycles. The fraction of sp³-hybridized carbons (Fsp3) is 0.455. The molecule has 0 aromatic heterocycles. The Kier molecular flexibility index (Phi) is 4.32. The standard InChI is InChI=1S/C22H26O3/c1-14(2)19-12-16(11-17-6-5-9-23-21(17)19)10-15(3)18-7-4-8-20-22(18)25-13-24-20/h4,7-8,11-12,14-15H,5-6,9-10,13H2,1-3H3. The molecule has 0 spiro atoms. The second-order valence-electron chi connectivity index (χ2n) is 7.47. The van der Waals surface area contributed by atoms with E-state index in [2.05, 4.69) is 45.0 Å². The van der Waals surface area contributed by atoms with Gasteiger partial charge < -0.3 is 14.2 Å². The Labute approximate surface area is 149 Å². The Hall–Kier alpha value is -2.16. The summed E-state index contributed by atoms with van der Waals surface area (Å²) in [6.07, 6.45) is 3.22. The Morgan fingerprint density at radius 2 is 1.84 bits per heavy atom. The van der Waals surface area contributed by atoms with Gasteiger partial charge in [0.1, 0.15) is 5.75 Å². The van der Waals surface area contributed by atoms with Crippen LogP contribution in [0.5, 0.6) is 17.2 Å². The predicted molar refractivity (Wildman–Crippen MR) is 99.0 cm³/mol. The van der Waals surface area contributed by atoms with E-state index in [0.717, 1.165) is 43.1 Å². The smallest absolute Gasteiger partial charge is 0.231 e. The molecular weight excluding hydrogens is 312 g/mol. The van der Waals surface area contributed by atoms with Crippen molar-refractivity contribution in [2.75, 3.05) is 13.4 Å². The average Bonchev–Trinajstić information content (AvgIpc) is 3.09. The molecule has 132 valence electrons. The van der Waals surface area contributed by atoms with Gasteiger partial charge in [-0.15, -0.1) is 0 Å². The maximum Gasteiger partial charge on any atom is 0.231 e. The van der Waals surface area contributed by atoms with Crippen LogP contribution in [0.25, 0.3) is 0 Å². The summed E-state index contributed by atoms with van der Waals surface area (Å²) >= 11 is 0. The van der Waals surface area contributed by atoms with Crippen LogP contribution >= 0.6 is 0 Å². The van der Waals surface area contributed by atoms with E-state index in [-0.39, 0.29) is 0 Å². The van der Waals surface area contributed by atoms with Crippen molar-refractivity contribution >= 4 is 0 Å². The monoisotopic (exact) mass is 338 g/mol. The zero-order valence-electron chi connectivity index (χ0n) is 15.3. The van der Waals surface area contributed by atoms with Gasteiger partial charge in [0.25, 0.3) is 0 Å². The number of fused-ring (bicyclic) bond motifs is 2. The summed E-state index contributed by atoms with van der Waals surface area (Å²) in [6.45, 7) is 7.93. The molecule has 3 nitrogen and oxygen atoms in total. The molecule has 0 aliphatic carbocycles. The number of aryl methyl sites for hydroxylation is 1. The Bertz CT molecular complexity index is 779. The lowest BCUT2D eigenvalue weighted by Gasteiger charge is -2.24. The number of rotatable bonds is 4. The molecule has 1 unspecified atom stereocenters. The number of hydrogen-bond donors (Lipinski definition) is 0. The maximum absolute atomic E-state index is 5.98. The minimum Gasteiger partial charge on any atom is -0.493 e. The third kappa shape index (κ3) is 3.08. The van der Waals surface area contributed by atoms with Gasteiger partial charge in [-0.05, 0) is 53.9 Å². The molecule has 0 fully saturated rings. The molecule has 2 aliphatic heterocycles. The van der Waals surface area contributed by atoms with Gasteiger partial charge in [-0.2, -0.15) is 0 Å². The molecule has 2 aromatic carbocycles. The lowest BCUT2D eigenvalue weighted by molar-refractivity contribution is 0.173. The molecule has 25 heavy (non-hydrogen) atoms. The van der Waals surface area contributed by atoms with Gasteiger partial charge in [0.2, 0.25) is 6.79 Å². The molecule has 2 aromatic rings. The van der Waals surface area contributed by atoms with Crippen LogP contribution in [-0.4, -0.2) is 13.4 Å². The van der Waals surface area contributed by atoms with Crippen LogP contribution in [0.4, 0.5) is 0 Å². The third-order valence-electron chi connectivity index (χ3n) is 5.21. The summed E-state index contributed by atoms with van der Waals surface area (Å²) in [6, 6.07) is 10.9. The van der Waals surface area contributed by atoms with Crippen LogP contribution in [0.1, 0.15) is 61.3 Å². The second-order valence-corrected chi connectivity index (χ2v) is 7.47. The summed E-state index contributed by atoms with van der Waals surface area (Å²) in [5, 5.41) is 0. The van der Waals surface area contributed by atoms with Gasteiger partial charge >= 0.3 is 0 Å². The van der Waals surface area contributed by atoms with E-state index in [1.807, 2.05) is 6.07 Å². The molecule has 0 N–H and O–H groups in total. The van der Waals surface area contributed by atoms with Crippen molar-refractivity contribution in [1.82, 2.24) is 0 Å². The normalized spacial score (nSPS) is 16.5. The molecule has 2 heterocycles. The van der Waals surface area contributed by atoms with Crippen molar-refractivity contribution in [2.24, 2.45) is 0 Å². The first-order chi connectivity index (χ1) is 12.1. The van der Waals surface area contributed by atoms with Crippen molar-refractivity contribution in [2.45, 2.75) is 51.9 Å². The van der Waals surface area contributed by atoms with Crippen molar-refractivity contribution in [3.05, 3.63) is 52.6 Å². The fourth-order valence-corrected chi connectivity index (χ4v) is 3.93. The first kappa shape index (κ1) is 16.3. The van der Waals surface area contributed by atoms with Gasteiger partial charge in [0, 0.05) is 5.56 Å². The van der Waals surface area contributed by atoms with E-state index >= 15 is 0 Å². The second kappa shape index (κ2) is 6.62. The lowest BCUT2D eigenvalue weighted by Crippen LogP contribution is -2.12. The number of hydrogen-bond acceptors (Lipinski definition) is 3. The Morgan fingerprint density at radius 3 is 2.68 bits per heavy atom. The number of para-hydroxylation sites is 1. The molecule has 0 bridgehead atoms. The third-order valence-corrected chi connectivity index (χ3v) is 5.21. The maximum atomic E-state index is 5.98. The van der Waals surface area contributed by atoms with E-state index < -0.39 is 0 Å². The molecule has 0 saturated heterocycles. The van der Waals surface area contributed by atoms with Crippen LogP contribution in [0.3, 0.4) is 0 Å². The lowest BCUT2D eigenvalue weighted by atomic mass is 9.88.